The third-order valence-electron chi connectivity index (χ3n) is 2.54. The van der Waals surface area contributed by atoms with Crippen molar-refractivity contribution in [3.63, 3.8) is 0 Å². The SMILES string of the molecule is Cn1cnnc1CNc1cc(C(F)(F)F)ccc1F. The van der Waals surface area contributed by atoms with Crippen molar-refractivity contribution >= 4 is 5.69 Å². The van der Waals surface area contributed by atoms with Gasteiger partial charge in [-0.25, -0.2) is 4.39 Å². The van der Waals surface area contributed by atoms with Gasteiger partial charge in [-0.3, -0.25) is 0 Å². The van der Waals surface area contributed by atoms with Crippen molar-refractivity contribution in [2.24, 2.45) is 7.05 Å². The summed E-state index contributed by atoms with van der Waals surface area (Å²) in [6, 6.07) is 2.20. The molecule has 0 fully saturated rings. The lowest BCUT2D eigenvalue weighted by molar-refractivity contribution is -0.137. The Bertz CT molecular complexity index is 576. The Morgan fingerprint density at radius 3 is 2.63 bits per heavy atom. The Labute approximate surface area is 106 Å². The highest BCUT2D eigenvalue weighted by molar-refractivity contribution is 5.48. The molecule has 0 saturated heterocycles. The minimum Gasteiger partial charge on any atom is -0.375 e. The van der Waals surface area contributed by atoms with E-state index in [0.717, 1.165) is 12.1 Å². The molecule has 0 aliphatic rings. The van der Waals surface area contributed by atoms with Gasteiger partial charge >= 0.3 is 6.18 Å². The number of nitrogens with one attached hydrogen (secondary N) is 1. The molecule has 1 aromatic heterocycles. The highest BCUT2D eigenvalue weighted by Crippen LogP contribution is 2.31. The second-order valence-corrected chi connectivity index (χ2v) is 3.90. The summed E-state index contributed by atoms with van der Waals surface area (Å²) in [5, 5.41) is 9.92. The first-order valence-corrected chi connectivity index (χ1v) is 5.31. The predicted molar refractivity (Wildman–Crippen MR) is 59.7 cm³/mol. The fraction of sp³-hybridized carbons (Fsp3) is 0.273. The number of benzene rings is 1. The van der Waals surface area contributed by atoms with E-state index in [1.54, 1.807) is 11.6 Å². The number of aryl methyl sites for hydroxylation is 1. The van der Waals surface area contributed by atoms with E-state index in [0.29, 0.717) is 11.9 Å². The highest BCUT2D eigenvalue weighted by Gasteiger charge is 2.31. The third-order valence-corrected chi connectivity index (χ3v) is 2.54. The fourth-order valence-corrected chi connectivity index (χ4v) is 1.48. The van der Waals surface area contributed by atoms with E-state index in [4.69, 9.17) is 0 Å². The van der Waals surface area contributed by atoms with Gasteiger partial charge in [-0.15, -0.1) is 10.2 Å². The van der Waals surface area contributed by atoms with Crippen molar-refractivity contribution in [3.05, 3.63) is 41.7 Å². The molecule has 0 spiro atoms. The lowest BCUT2D eigenvalue weighted by Gasteiger charge is -2.11. The first-order valence-electron chi connectivity index (χ1n) is 5.31. The first kappa shape index (κ1) is 13.3. The highest BCUT2D eigenvalue weighted by atomic mass is 19.4. The first-order chi connectivity index (χ1) is 8.88. The molecule has 2 rings (SSSR count). The van der Waals surface area contributed by atoms with E-state index in [9.17, 15) is 17.6 Å². The van der Waals surface area contributed by atoms with Gasteiger partial charge in [-0.1, -0.05) is 0 Å². The monoisotopic (exact) mass is 274 g/mol. The van der Waals surface area contributed by atoms with Crippen molar-refractivity contribution in [1.82, 2.24) is 14.8 Å². The van der Waals surface area contributed by atoms with E-state index in [-0.39, 0.29) is 12.2 Å². The van der Waals surface area contributed by atoms with Crippen LogP contribution >= 0.6 is 0 Å². The topological polar surface area (TPSA) is 42.7 Å². The summed E-state index contributed by atoms with van der Waals surface area (Å²) < 4.78 is 52.5. The number of halogens is 4. The normalized spacial score (nSPS) is 11.6. The quantitative estimate of drug-likeness (QED) is 0.875. The van der Waals surface area contributed by atoms with Crippen LogP contribution in [0.15, 0.2) is 24.5 Å². The van der Waals surface area contributed by atoms with Crippen LogP contribution < -0.4 is 5.32 Å². The zero-order valence-corrected chi connectivity index (χ0v) is 9.87. The average molecular weight is 274 g/mol. The van der Waals surface area contributed by atoms with Crippen LogP contribution in [-0.4, -0.2) is 14.8 Å². The summed E-state index contributed by atoms with van der Waals surface area (Å²) >= 11 is 0. The molecule has 0 unspecified atom stereocenters. The zero-order valence-electron chi connectivity index (χ0n) is 9.87. The lowest BCUT2D eigenvalue weighted by atomic mass is 10.2. The van der Waals surface area contributed by atoms with E-state index in [1.165, 1.54) is 6.33 Å². The third kappa shape index (κ3) is 3.01. The van der Waals surface area contributed by atoms with Crippen molar-refractivity contribution in [3.8, 4) is 0 Å². The van der Waals surface area contributed by atoms with Crippen LogP contribution in [0, 0.1) is 5.82 Å². The summed E-state index contributed by atoms with van der Waals surface area (Å²) in [5.74, 6) is -0.271. The van der Waals surface area contributed by atoms with Crippen LogP contribution in [0.4, 0.5) is 23.2 Å². The standard InChI is InChI=1S/C11H10F4N4/c1-19-6-17-18-10(19)5-16-9-4-7(11(13,14)15)2-3-8(9)12/h2-4,6,16H,5H2,1H3. The molecule has 0 saturated carbocycles. The molecular weight excluding hydrogens is 264 g/mol. The maximum atomic E-state index is 13.4. The lowest BCUT2D eigenvalue weighted by Crippen LogP contribution is -2.10. The molecule has 0 aliphatic carbocycles. The molecule has 0 bridgehead atoms. The molecule has 0 amide bonds. The second-order valence-electron chi connectivity index (χ2n) is 3.90. The van der Waals surface area contributed by atoms with Crippen molar-refractivity contribution in [2.75, 3.05) is 5.32 Å². The average Bonchev–Trinajstić information content (AvgIpc) is 2.72. The van der Waals surface area contributed by atoms with Crippen LogP contribution in [0.5, 0.6) is 0 Å². The van der Waals surface area contributed by atoms with E-state index in [2.05, 4.69) is 15.5 Å². The van der Waals surface area contributed by atoms with Crippen molar-refractivity contribution in [2.45, 2.75) is 12.7 Å². The van der Waals surface area contributed by atoms with Gasteiger partial charge in [-0.05, 0) is 18.2 Å². The molecule has 0 radical (unpaired) electrons. The van der Waals surface area contributed by atoms with Crippen LogP contribution in [0.2, 0.25) is 0 Å². The van der Waals surface area contributed by atoms with E-state index < -0.39 is 17.6 Å². The number of hydrogen-bond acceptors (Lipinski definition) is 3. The second kappa shape index (κ2) is 4.87. The molecule has 4 nitrogen and oxygen atoms in total. The number of anilines is 1. The van der Waals surface area contributed by atoms with Gasteiger partial charge in [-0.2, -0.15) is 13.2 Å². The molecule has 0 aliphatic heterocycles. The van der Waals surface area contributed by atoms with Gasteiger partial charge < -0.3 is 9.88 Å². The predicted octanol–water partition coefficient (Wildman–Crippen LogP) is 2.59. The van der Waals surface area contributed by atoms with Gasteiger partial charge in [0.1, 0.15) is 12.1 Å². The smallest absolute Gasteiger partial charge is 0.375 e. The van der Waals surface area contributed by atoms with E-state index in [1.807, 2.05) is 0 Å². The zero-order chi connectivity index (χ0) is 14.0. The van der Waals surface area contributed by atoms with Crippen LogP contribution in [0.25, 0.3) is 0 Å². The Morgan fingerprint density at radius 1 is 1.32 bits per heavy atom. The Hall–Kier alpha value is -2.12. The van der Waals surface area contributed by atoms with Gasteiger partial charge in [0.25, 0.3) is 0 Å². The fourth-order valence-electron chi connectivity index (χ4n) is 1.48. The number of nitrogens with zero attached hydrogens (tertiary/aromatic N) is 3. The summed E-state index contributed by atoms with van der Waals surface area (Å²) in [7, 11) is 1.68. The van der Waals surface area contributed by atoms with Gasteiger partial charge in [0, 0.05) is 7.05 Å². The molecular formula is C11H10F4N4. The minimum atomic E-state index is -4.51. The van der Waals surface area contributed by atoms with Crippen molar-refractivity contribution < 1.29 is 17.6 Å². The molecule has 2 aromatic rings. The number of aromatic nitrogens is 3. The number of rotatable bonds is 3. The minimum absolute atomic E-state index is 0.0781. The molecule has 102 valence electrons. The molecule has 8 heteroatoms. The molecule has 1 heterocycles. The van der Waals surface area contributed by atoms with Gasteiger partial charge in [0.2, 0.25) is 0 Å². The Balaban J connectivity index is 2.18. The molecule has 0 atom stereocenters. The number of hydrogen-bond donors (Lipinski definition) is 1. The number of alkyl halides is 3. The summed E-state index contributed by atoms with van der Waals surface area (Å²) in [6.07, 6.45) is -3.06. The summed E-state index contributed by atoms with van der Waals surface area (Å²) in [4.78, 5) is 0. The largest absolute Gasteiger partial charge is 0.416 e. The maximum absolute atomic E-state index is 13.4. The molecule has 19 heavy (non-hydrogen) atoms. The van der Waals surface area contributed by atoms with Crippen LogP contribution in [0.3, 0.4) is 0 Å². The molecule has 1 N–H and O–H groups in total. The van der Waals surface area contributed by atoms with E-state index >= 15 is 0 Å². The summed E-state index contributed by atoms with van der Waals surface area (Å²) in [6.45, 7) is 0.0781. The maximum Gasteiger partial charge on any atom is 0.416 e. The Morgan fingerprint density at radius 2 is 2.05 bits per heavy atom. The Kier molecular flexibility index (Phi) is 3.41. The van der Waals surface area contributed by atoms with Crippen molar-refractivity contribution in [1.29, 1.82) is 0 Å². The summed E-state index contributed by atoms with van der Waals surface area (Å²) in [5.41, 5.74) is -1.13. The molecule has 1 aromatic carbocycles. The van der Waals surface area contributed by atoms with Gasteiger partial charge in [0.15, 0.2) is 5.82 Å². The van der Waals surface area contributed by atoms with Gasteiger partial charge in [0.05, 0.1) is 17.8 Å². The van der Waals surface area contributed by atoms with Crippen LogP contribution in [0.1, 0.15) is 11.4 Å². The van der Waals surface area contributed by atoms with Crippen LogP contribution in [-0.2, 0) is 19.8 Å².